The molecule has 2 aromatic rings. The van der Waals surface area contributed by atoms with Gasteiger partial charge in [0.1, 0.15) is 6.61 Å². The first-order chi connectivity index (χ1) is 9.20. The van der Waals surface area contributed by atoms with Gasteiger partial charge in [-0.25, -0.2) is 8.78 Å². The van der Waals surface area contributed by atoms with Crippen LogP contribution in [0, 0.1) is 11.6 Å². The van der Waals surface area contributed by atoms with Crippen LogP contribution in [0.4, 0.5) is 8.78 Å². The van der Waals surface area contributed by atoms with Crippen LogP contribution in [-0.4, -0.2) is 12.0 Å². The van der Waals surface area contributed by atoms with Crippen LogP contribution in [0.5, 0.6) is 5.75 Å². The summed E-state index contributed by atoms with van der Waals surface area (Å²) < 4.78 is 32.7. The highest BCUT2D eigenvalue weighted by Crippen LogP contribution is 2.24. The third-order valence-electron chi connectivity index (χ3n) is 2.57. The Morgan fingerprint density at radius 2 is 1.74 bits per heavy atom. The number of nitrogens with one attached hydrogen (secondary N) is 1. The van der Waals surface area contributed by atoms with E-state index in [0.717, 1.165) is 5.56 Å². The number of halogens is 2. The highest BCUT2D eigenvalue weighted by Gasteiger charge is 2.12. The number of rotatable bonds is 5. The Hall–Kier alpha value is -2.01. The maximum Gasteiger partial charge on any atom is 0.191 e. The minimum absolute atomic E-state index is 0.0989. The number of aromatic nitrogens is 1. The summed E-state index contributed by atoms with van der Waals surface area (Å²) in [5, 5.41) is 2.83. The van der Waals surface area contributed by atoms with Crippen LogP contribution in [0.25, 0.3) is 0 Å². The molecule has 100 valence electrons. The third-order valence-corrected chi connectivity index (χ3v) is 2.57. The predicted octanol–water partition coefficient (Wildman–Crippen LogP) is 2.66. The van der Waals surface area contributed by atoms with Crippen molar-refractivity contribution in [3.63, 3.8) is 0 Å². The van der Waals surface area contributed by atoms with E-state index in [0.29, 0.717) is 12.1 Å². The van der Waals surface area contributed by atoms with Crippen molar-refractivity contribution in [1.29, 1.82) is 0 Å². The molecule has 0 atom stereocenters. The van der Waals surface area contributed by atoms with Gasteiger partial charge in [-0.05, 0) is 42.4 Å². The summed E-state index contributed by atoms with van der Waals surface area (Å²) >= 11 is 0. The summed E-state index contributed by atoms with van der Waals surface area (Å²) in [5.74, 6) is -1.74. The molecule has 0 bridgehead atoms. The molecule has 1 N–H and O–H groups in total. The third kappa shape index (κ3) is 3.48. The molecule has 0 unspecified atom stereocenters. The molecule has 0 radical (unpaired) electrons. The number of hydrogen-bond donors (Lipinski definition) is 1. The Bertz CT molecular complexity index is 523. The van der Waals surface area contributed by atoms with E-state index < -0.39 is 11.6 Å². The fourth-order valence-electron chi connectivity index (χ4n) is 1.69. The van der Waals surface area contributed by atoms with E-state index in [2.05, 4.69) is 10.3 Å². The zero-order valence-electron chi connectivity index (χ0n) is 10.5. The predicted molar refractivity (Wildman–Crippen MR) is 67.7 cm³/mol. The Kier molecular flexibility index (Phi) is 4.41. The zero-order chi connectivity index (χ0) is 13.7. The number of pyridine rings is 1. The molecule has 0 aliphatic carbocycles. The molecule has 0 saturated carbocycles. The van der Waals surface area contributed by atoms with Gasteiger partial charge >= 0.3 is 0 Å². The summed E-state index contributed by atoms with van der Waals surface area (Å²) in [7, 11) is 1.71. The normalized spacial score (nSPS) is 10.5. The van der Waals surface area contributed by atoms with Crippen molar-refractivity contribution in [2.45, 2.75) is 13.2 Å². The number of hydrogen-bond acceptors (Lipinski definition) is 3. The SMILES string of the molecule is CNCc1cc(F)c(OCc2ccncc2)c(F)c1. The molecule has 19 heavy (non-hydrogen) atoms. The topological polar surface area (TPSA) is 34.1 Å². The van der Waals surface area contributed by atoms with E-state index in [1.165, 1.54) is 12.1 Å². The highest BCUT2D eigenvalue weighted by atomic mass is 19.1. The molecule has 5 heteroatoms. The molecule has 1 aromatic heterocycles. The highest BCUT2D eigenvalue weighted by molar-refractivity contribution is 5.31. The first-order valence-corrected chi connectivity index (χ1v) is 5.85. The van der Waals surface area contributed by atoms with Crippen molar-refractivity contribution in [3.05, 3.63) is 59.4 Å². The summed E-state index contributed by atoms with van der Waals surface area (Å²) in [4.78, 5) is 3.86. The van der Waals surface area contributed by atoms with Gasteiger partial charge in [-0.15, -0.1) is 0 Å². The minimum Gasteiger partial charge on any atom is -0.483 e. The van der Waals surface area contributed by atoms with Gasteiger partial charge in [0.25, 0.3) is 0 Å². The van der Waals surface area contributed by atoms with Gasteiger partial charge in [0.05, 0.1) is 0 Å². The summed E-state index contributed by atoms with van der Waals surface area (Å²) in [6.07, 6.45) is 3.20. The van der Waals surface area contributed by atoms with Crippen molar-refractivity contribution in [2.75, 3.05) is 7.05 Å². The van der Waals surface area contributed by atoms with Crippen molar-refractivity contribution < 1.29 is 13.5 Å². The lowest BCUT2D eigenvalue weighted by molar-refractivity contribution is 0.273. The fraction of sp³-hybridized carbons (Fsp3) is 0.214. The van der Waals surface area contributed by atoms with Gasteiger partial charge in [-0.1, -0.05) is 0 Å². The molecule has 0 fully saturated rings. The molecule has 0 aliphatic rings. The van der Waals surface area contributed by atoms with Crippen LogP contribution >= 0.6 is 0 Å². The number of benzene rings is 1. The molecule has 0 amide bonds. The monoisotopic (exact) mass is 264 g/mol. The minimum atomic E-state index is -0.695. The molecule has 2 rings (SSSR count). The Labute approximate surface area is 110 Å². The van der Waals surface area contributed by atoms with Crippen LogP contribution in [0.2, 0.25) is 0 Å². The largest absolute Gasteiger partial charge is 0.483 e. The molecular formula is C14H14F2N2O. The maximum absolute atomic E-state index is 13.7. The van der Waals surface area contributed by atoms with E-state index >= 15 is 0 Å². The van der Waals surface area contributed by atoms with E-state index in [-0.39, 0.29) is 12.4 Å². The molecule has 1 heterocycles. The van der Waals surface area contributed by atoms with E-state index in [9.17, 15) is 8.78 Å². The average molecular weight is 264 g/mol. The number of ether oxygens (including phenoxy) is 1. The summed E-state index contributed by atoms with van der Waals surface area (Å²) in [6, 6.07) is 5.99. The second-order valence-electron chi connectivity index (χ2n) is 4.06. The van der Waals surface area contributed by atoms with Crippen LogP contribution in [0.15, 0.2) is 36.7 Å². The van der Waals surface area contributed by atoms with Gasteiger partial charge in [0.2, 0.25) is 0 Å². The van der Waals surface area contributed by atoms with Gasteiger partial charge in [-0.2, -0.15) is 0 Å². The van der Waals surface area contributed by atoms with Gasteiger partial charge in [-0.3, -0.25) is 4.98 Å². The lowest BCUT2D eigenvalue weighted by Crippen LogP contribution is -2.07. The molecular weight excluding hydrogens is 250 g/mol. The van der Waals surface area contributed by atoms with Crippen molar-refractivity contribution in [1.82, 2.24) is 10.3 Å². The first-order valence-electron chi connectivity index (χ1n) is 5.85. The van der Waals surface area contributed by atoms with Gasteiger partial charge in [0.15, 0.2) is 17.4 Å². The summed E-state index contributed by atoms with van der Waals surface area (Å²) in [6.45, 7) is 0.500. The fourth-order valence-corrected chi connectivity index (χ4v) is 1.69. The van der Waals surface area contributed by atoms with Gasteiger partial charge < -0.3 is 10.1 Å². The van der Waals surface area contributed by atoms with E-state index in [4.69, 9.17) is 4.74 Å². The lowest BCUT2D eigenvalue weighted by atomic mass is 10.2. The molecule has 1 aromatic carbocycles. The smallest absolute Gasteiger partial charge is 0.191 e. The Morgan fingerprint density at radius 1 is 1.11 bits per heavy atom. The molecule has 0 aliphatic heterocycles. The standard InChI is InChI=1S/C14H14F2N2O/c1-17-8-11-6-12(15)14(13(16)7-11)19-9-10-2-4-18-5-3-10/h2-7,17H,8-9H2,1H3. The Balaban J connectivity index is 2.12. The second kappa shape index (κ2) is 6.24. The molecule has 0 spiro atoms. The Morgan fingerprint density at radius 3 is 2.32 bits per heavy atom. The average Bonchev–Trinajstić information content (AvgIpc) is 2.39. The van der Waals surface area contributed by atoms with Crippen molar-refractivity contribution in [3.8, 4) is 5.75 Å². The zero-order valence-corrected chi connectivity index (χ0v) is 10.5. The maximum atomic E-state index is 13.7. The lowest BCUT2D eigenvalue weighted by Gasteiger charge is -2.10. The summed E-state index contributed by atoms with van der Waals surface area (Å²) in [5.41, 5.74) is 1.34. The van der Waals surface area contributed by atoms with E-state index in [1.54, 1.807) is 31.6 Å². The second-order valence-corrected chi connectivity index (χ2v) is 4.06. The quantitative estimate of drug-likeness (QED) is 0.901. The van der Waals surface area contributed by atoms with Crippen molar-refractivity contribution >= 4 is 0 Å². The molecule has 0 saturated heterocycles. The van der Waals surface area contributed by atoms with Crippen LogP contribution in [0.1, 0.15) is 11.1 Å². The van der Waals surface area contributed by atoms with Crippen LogP contribution < -0.4 is 10.1 Å². The van der Waals surface area contributed by atoms with E-state index in [1.807, 2.05) is 0 Å². The van der Waals surface area contributed by atoms with Crippen LogP contribution in [0.3, 0.4) is 0 Å². The number of nitrogens with zero attached hydrogens (tertiary/aromatic N) is 1. The van der Waals surface area contributed by atoms with Crippen LogP contribution in [-0.2, 0) is 13.2 Å². The first kappa shape index (κ1) is 13.4. The van der Waals surface area contributed by atoms with Crippen molar-refractivity contribution in [2.24, 2.45) is 0 Å². The molecule has 3 nitrogen and oxygen atoms in total. The van der Waals surface area contributed by atoms with Gasteiger partial charge in [0, 0.05) is 18.9 Å².